The number of benzene rings is 2. The molecule has 0 aliphatic carbocycles. The van der Waals surface area contributed by atoms with Crippen LogP contribution in [-0.2, 0) is 33.0 Å². The molecular weight excluding hydrogens is 426 g/mol. The first-order valence-corrected chi connectivity index (χ1v) is 12.2. The summed E-state index contributed by atoms with van der Waals surface area (Å²) in [6, 6.07) is 13.5. The Morgan fingerprint density at radius 2 is 1.73 bits per heavy atom. The van der Waals surface area contributed by atoms with E-state index in [-0.39, 0.29) is 27.8 Å². The largest absolute Gasteiger partial charge is 0.360 e. The molecule has 0 fully saturated rings. The molecule has 2 heterocycles. The summed E-state index contributed by atoms with van der Waals surface area (Å²) in [5, 5.41) is 3.69. The van der Waals surface area contributed by atoms with E-state index in [0.717, 1.165) is 11.1 Å². The van der Waals surface area contributed by atoms with Gasteiger partial charge in [-0.3, -0.25) is 4.72 Å². The maximum absolute atomic E-state index is 12.9. The van der Waals surface area contributed by atoms with E-state index >= 15 is 0 Å². The zero-order valence-electron chi connectivity index (χ0n) is 16.5. The summed E-state index contributed by atoms with van der Waals surface area (Å²) in [6.07, 6.45) is 0.554. The summed E-state index contributed by atoms with van der Waals surface area (Å²) in [7, 11) is -7.51. The number of hydrogen-bond acceptors (Lipinski definition) is 6. The highest BCUT2D eigenvalue weighted by molar-refractivity contribution is 7.92. The molecule has 0 atom stereocenters. The van der Waals surface area contributed by atoms with Crippen LogP contribution in [0, 0.1) is 13.8 Å². The topological polar surface area (TPSA) is 110 Å². The van der Waals surface area contributed by atoms with Gasteiger partial charge in [0.15, 0.2) is 10.7 Å². The van der Waals surface area contributed by atoms with Crippen LogP contribution in [0.5, 0.6) is 0 Å². The van der Waals surface area contributed by atoms with Crippen LogP contribution < -0.4 is 4.72 Å². The zero-order valence-corrected chi connectivity index (χ0v) is 18.1. The maximum Gasteiger partial charge on any atom is 0.267 e. The molecule has 0 saturated heterocycles. The van der Waals surface area contributed by atoms with Crippen molar-refractivity contribution < 1.29 is 21.4 Å². The second-order valence-electron chi connectivity index (χ2n) is 7.14. The molecule has 0 spiro atoms. The van der Waals surface area contributed by atoms with Crippen molar-refractivity contribution in [3.8, 4) is 0 Å². The molecule has 1 aliphatic heterocycles. The number of fused-ring (bicyclic) bond motifs is 1. The second kappa shape index (κ2) is 7.53. The van der Waals surface area contributed by atoms with Crippen LogP contribution in [0.2, 0.25) is 0 Å². The van der Waals surface area contributed by atoms with Crippen LogP contribution in [0.3, 0.4) is 0 Å². The molecule has 30 heavy (non-hydrogen) atoms. The molecule has 8 nitrogen and oxygen atoms in total. The smallest absolute Gasteiger partial charge is 0.267 e. The summed E-state index contributed by atoms with van der Waals surface area (Å²) in [6.45, 7) is 3.64. The number of rotatable bonds is 5. The average Bonchev–Trinajstić information content (AvgIpc) is 3.06. The van der Waals surface area contributed by atoms with Gasteiger partial charge < -0.3 is 4.52 Å². The Bertz CT molecular complexity index is 1280. The molecule has 1 aromatic heterocycles. The van der Waals surface area contributed by atoms with Crippen LogP contribution in [0.25, 0.3) is 0 Å². The zero-order chi connectivity index (χ0) is 21.5. The SMILES string of the molecule is Cc1noc(C)c1S(=O)(=O)Nc1ccc2c(c1)CN(S(=O)(=O)c1ccccc1)CC2. The minimum atomic E-state index is -3.88. The number of sulfonamides is 2. The van der Waals surface area contributed by atoms with Crippen molar-refractivity contribution in [2.24, 2.45) is 0 Å². The molecule has 10 heteroatoms. The van der Waals surface area contributed by atoms with Crippen LogP contribution >= 0.6 is 0 Å². The summed E-state index contributed by atoms with van der Waals surface area (Å²) in [5.74, 6) is 0.207. The minimum Gasteiger partial charge on any atom is -0.360 e. The molecule has 1 aliphatic rings. The van der Waals surface area contributed by atoms with Crippen LogP contribution in [0.4, 0.5) is 5.69 Å². The Morgan fingerprint density at radius 3 is 2.40 bits per heavy atom. The lowest BCUT2D eigenvalue weighted by molar-refractivity contribution is 0.390. The van der Waals surface area contributed by atoms with Crippen molar-refractivity contribution in [3.05, 3.63) is 71.1 Å². The molecule has 0 unspecified atom stereocenters. The molecule has 4 rings (SSSR count). The Labute approximate surface area is 175 Å². The third kappa shape index (κ3) is 3.73. The molecule has 0 radical (unpaired) electrons. The lowest BCUT2D eigenvalue weighted by Crippen LogP contribution is -2.36. The number of aryl methyl sites for hydroxylation is 2. The first kappa shape index (κ1) is 20.6. The molecule has 2 aromatic carbocycles. The highest BCUT2D eigenvalue weighted by atomic mass is 32.2. The Hall–Kier alpha value is -2.69. The van der Waals surface area contributed by atoms with E-state index < -0.39 is 20.0 Å². The molecular formula is C20H21N3O5S2. The number of nitrogens with zero attached hydrogens (tertiary/aromatic N) is 2. The van der Waals surface area contributed by atoms with E-state index in [1.807, 2.05) is 6.07 Å². The quantitative estimate of drug-likeness (QED) is 0.644. The van der Waals surface area contributed by atoms with Gasteiger partial charge in [0.05, 0.1) is 4.90 Å². The molecule has 3 aromatic rings. The summed E-state index contributed by atoms with van der Waals surface area (Å²) < 4.78 is 60.3. The number of nitrogens with one attached hydrogen (secondary N) is 1. The van der Waals surface area contributed by atoms with Gasteiger partial charge in [-0.2, -0.15) is 4.31 Å². The highest BCUT2D eigenvalue weighted by Gasteiger charge is 2.29. The van der Waals surface area contributed by atoms with Crippen molar-refractivity contribution in [3.63, 3.8) is 0 Å². The summed E-state index contributed by atoms with van der Waals surface area (Å²) in [5.41, 5.74) is 2.39. The van der Waals surface area contributed by atoms with E-state index in [1.54, 1.807) is 49.4 Å². The standard InChI is InChI=1S/C20H21N3O5S2/c1-14-20(15(2)28-21-14)29(24,25)22-18-9-8-16-10-11-23(13-17(16)12-18)30(26,27)19-6-4-3-5-7-19/h3-9,12,22H,10-11,13H2,1-2H3. The van der Waals surface area contributed by atoms with Gasteiger partial charge in [-0.15, -0.1) is 0 Å². The Morgan fingerprint density at radius 1 is 1.00 bits per heavy atom. The average molecular weight is 448 g/mol. The van der Waals surface area contributed by atoms with Gasteiger partial charge in [0, 0.05) is 18.8 Å². The van der Waals surface area contributed by atoms with Crippen molar-refractivity contribution >= 4 is 25.7 Å². The third-order valence-corrected chi connectivity index (χ3v) is 8.54. The molecule has 1 N–H and O–H groups in total. The van der Waals surface area contributed by atoms with Crippen molar-refractivity contribution in [2.45, 2.75) is 36.6 Å². The Balaban J connectivity index is 1.61. The van der Waals surface area contributed by atoms with Gasteiger partial charge >= 0.3 is 0 Å². The van der Waals surface area contributed by atoms with Gasteiger partial charge in [0.1, 0.15) is 5.69 Å². The van der Waals surface area contributed by atoms with Gasteiger partial charge in [-0.1, -0.05) is 29.4 Å². The fourth-order valence-electron chi connectivity index (χ4n) is 3.61. The monoisotopic (exact) mass is 447 g/mol. The van der Waals surface area contributed by atoms with Crippen molar-refractivity contribution in [2.75, 3.05) is 11.3 Å². The van der Waals surface area contributed by atoms with E-state index in [0.29, 0.717) is 18.7 Å². The minimum absolute atomic E-state index is 0.00787. The lowest BCUT2D eigenvalue weighted by Gasteiger charge is -2.28. The first-order valence-electron chi connectivity index (χ1n) is 9.31. The van der Waals surface area contributed by atoms with Gasteiger partial charge in [0.2, 0.25) is 10.0 Å². The van der Waals surface area contributed by atoms with E-state index in [4.69, 9.17) is 4.52 Å². The predicted molar refractivity (Wildman–Crippen MR) is 111 cm³/mol. The van der Waals surface area contributed by atoms with Crippen LogP contribution in [0.15, 0.2) is 62.8 Å². The van der Waals surface area contributed by atoms with E-state index in [1.165, 1.54) is 11.2 Å². The van der Waals surface area contributed by atoms with Crippen molar-refractivity contribution in [1.82, 2.24) is 9.46 Å². The lowest BCUT2D eigenvalue weighted by atomic mass is 10.0. The fourth-order valence-corrected chi connectivity index (χ4v) is 6.43. The molecule has 0 saturated carbocycles. The number of anilines is 1. The van der Waals surface area contributed by atoms with Crippen LogP contribution in [-0.4, -0.2) is 32.8 Å². The normalized spacial score (nSPS) is 15.0. The maximum atomic E-state index is 12.9. The predicted octanol–water partition coefficient (Wildman–Crippen LogP) is 2.84. The summed E-state index contributed by atoms with van der Waals surface area (Å²) in [4.78, 5) is 0.247. The van der Waals surface area contributed by atoms with Crippen LogP contribution in [0.1, 0.15) is 22.6 Å². The van der Waals surface area contributed by atoms with E-state index in [9.17, 15) is 16.8 Å². The highest BCUT2D eigenvalue weighted by Crippen LogP contribution is 2.28. The number of aromatic nitrogens is 1. The van der Waals surface area contributed by atoms with Gasteiger partial charge in [0.25, 0.3) is 10.0 Å². The van der Waals surface area contributed by atoms with E-state index in [2.05, 4.69) is 9.88 Å². The molecule has 158 valence electrons. The summed E-state index contributed by atoms with van der Waals surface area (Å²) >= 11 is 0. The number of hydrogen-bond donors (Lipinski definition) is 1. The van der Waals surface area contributed by atoms with Gasteiger partial charge in [-0.05, 0) is 55.7 Å². The second-order valence-corrected chi connectivity index (χ2v) is 10.7. The Kier molecular flexibility index (Phi) is 5.16. The first-order chi connectivity index (χ1) is 14.2. The fraction of sp³-hybridized carbons (Fsp3) is 0.250. The third-order valence-electron chi connectivity index (χ3n) is 5.05. The molecule has 0 amide bonds. The molecule has 0 bridgehead atoms. The van der Waals surface area contributed by atoms with Crippen molar-refractivity contribution in [1.29, 1.82) is 0 Å². The van der Waals surface area contributed by atoms with Gasteiger partial charge in [-0.25, -0.2) is 16.8 Å².